The van der Waals surface area contributed by atoms with Gasteiger partial charge in [-0.15, -0.1) is 0 Å². The smallest absolute Gasteiger partial charge is 0.337 e. The second kappa shape index (κ2) is 6.35. The van der Waals surface area contributed by atoms with E-state index in [-0.39, 0.29) is 5.97 Å². The van der Waals surface area contributed by atoms with Gasteiger partial charge in [-0.1, -0.05) is 12.1 Å². The molecule has 0 saturated heterocycles. The highest BCUT2D eigenvalue weighted by Gasteiger charge is 2.06. The SMILES string of the molecule is COC(=O)c1ccc(CNc2nc(C)c(C)c(C)n2)cc1. The molecule has 5 nitrogen and oxygen atoms in total. The van der Waals surface area contributed by atoms with Crippen molar-refractivity contribution in [3.8, 4) is 0 Å². The van der Waals surface area contributed by atoms with Gasteiger partial charge in [-0.2, -0.15) is 0 Å². The van der Waals surface area contributed by atoms with E-state index in [9.17, 15) is 4.79 Å². The Labute approximate surface area is 124 Å². The number of anilines is 1. The molecule has 0 aliphatic carbocycles. The first-order valence-corrected chi connectivity index (χ1v) is 6.74. The second-order valence-corrected chi connectivity index (χ2v) is 4.89. The Morgan fingerprint density at radius 3 is 2.19 bits per heavy atom. The summed E-state index contributed by atoms with van der Waals surface area (Å²) in [5, 5.41) is 3.19. The molecule has 1 aromatic heterocycles. The van der Waals surface area contributed by atoms with Gasteiger partial charge in [0.25, 0.3) is 0 Å². The monoisotopic (exact) mass is 285 g/mol. The van der Waals surface area contributed by atoms with Crippen LogP contribution in [0.2, 0.25) is 0 Å². The molecule has 0 aliphatic heterocycles. The van der Waals surface area contributed by atoms with Crippen LogP contribution in [0, 0.1) is 20.8 Å². The molecule has 0 amide bonds. The van der Waals surface area contributed by atoms with Crippen molar-refractivity contribution in [1.82, 2.24) is 9.97 Å². The number of nitrogens with zero attached hydrogens (tertiary/aromatic N) is 2. The molecule has 2 rings (SSSR count). The van der Waals surface area contributed by atoms with E-state index in [1.807, 2.05) is 32.9 Å². The van der Waals surface area contributed by atoms with Crippen LogP contribution in [0.5, 0.6) is 0 Å². The Bertz CT molecular complexity index is 628. The number of methoxy groups -OCH3 is 1. The van der Waals surface area contributed by atoms with Crippen molar-refractivity contribution >= 4 is 11.9 Å². The molecule has 110 valence electrons. The molecule has 2 aromatic rings. The molecule has 5 heteroatoms. The molecule has 1 heterocycles. The van der Waals surface area contributed by atoms with Crippen molar-refractivity contribution < 1.29 is 9.53 Å². The normalized spacial score (nSPS) is 10.3. The topological polar surface area (TPSA) is 64.1 Å². The molecule has 0 atom stereocenters. The summed E-state index contributed by atoms with van der Waals surface area (Å²) < 4.78 is 4.67. The fourth-order valence-electron chi connectivity index (χ4n) is 1.91. The Morgan fingerprint density at radius 2 is 1.67 bits per heavy atom. The van der Waals surface area contributed by atoms with Gasteiger partial charge in [0, 0.05) is 17.9 Å². The van der Waals surface area contributed by atoms with Gasteiger partial charge in [0.05, 0.1) is 12.7 Å². The van der Waals surface area contributed by atoms with Crippen LogP contribution in [-0.2, 0) is 11.3 Å². The first kappa shape index (κ1) is 15.0. The molecular weight excluding hydrogens is 266 g/mol. The summed E-state index contributed by atoms with van der Waals surface area (Å²) in [4.78, 5) is 20.2. The van der Waals surface area contributed by atoms with Crippen LogP contribution >= 0.6 is 0 Å². The summed E-state index contributed by atoms with van der Waals surface area (Å²) >= 11 is 0. The molecule has 0 bridgehead atoms. The Hall–Kier alpha value is -2.43. The van der Waals surface area contributed by atoms with E-state index in [2.05, 4.69) is 20.0 Å². The summed E-state index contributed by atoms with van der Waals surface area (Å²) in [5.74, 6) is 0.287. The number of hydrogen-bond donors (Lipinski definition) is 1. The maximum absolute atomic E-state index is 11.4. The van der Waals surface area contributed by atoms with E-state index in [1.54, 1.807) is 12.1 Å². The highest BCUT2D eigenvalue weighted by atomic mass is 16.5. The summed E-state index contributed by atoms with van der Waals surface area (Å²) in [5.41, 5.74) is 4.65. The van der Waals surface area contributed by atoms with E-state index >= 15 is 0 Å². The van der Waals surface area contributed by atoms with Gasteiger partial charge >= 0.3 is 5.97 Å². The molecule has 0 aliphatic rings. The number of ether oxygens (including phenoxy) is 1. The van der Waals surface area contributed by atoms with Crippen molar-refractivity contribution in [2.75, 3.05) is 12.4 Å². The zero-order valence-corrected chi connectivity index (χ0v) is 12.7. The van der Waals surface area contributed by atoms with Gasteiger partial charge < -0.3 is 10.1 Å². The Balaban J connectivity index is 2.05. The second-order valence-electron chi connectivity index (χ2n) is 4.89. The summed E-state index contributed by atoms with van der Waals surface area (Å²) in [6.07, 6.45) is 0. The Morgan fingerprint density at radius 1 is 1.10 bits per heavy atom. The fraction of sp³-hybridized carbons (Fsp3) is 0.312. The molecule has 1 N–H and O–H groups in total. The molecule has 1 aromatic carbocycles. The number of aromatic nitrogens is 2. The number of aryl methyl sites for hydroxylation is 2. The third-order valence-corrected chi connectivity index (χ3v) is 3.46. The van der Waals surface area contributed by atoms with Crippen molar-refractivity contribution in [3.05, 3.63) is 52.3 Å². The lowest BCUT2D eigenvalue weighted by Gasteiger charge is -2.09. The third kappa shape index (κ3) is 3.56. The zero-order valence-electron chi connectivity index (χ0n) is 12.7. The number of rotatable bonds is 4. The van der Waals surface area contributed by atoms with Crippen molar-refractivity contribution in [2.24, 2.45) is 0 Å². The minimum Gasteiger partial charge on any atom is -0.465 e. The first-order chi connectivity index (χ1) is 10.0. The van der Waals surface area contributed by atoms with Gasteiger partial charge in [0.2, 0.25) is 5.95 Å². The van der Waals surface area contributed by atoms with Crippen LogP contribution < -0.4 is 5.32 Å². The van der Waals surface area contributed by atoms with Crippen LogP contribution in [0.1, 0.15) is 32.9 Å². The highest BCUT2D eigenvalue weighted by Crippen LogP contribution is 2.12. The lowest BCUT2D eigenvalue weighted by Crippen LogP contribution is -2.07. The van der Waals surface area contributed by atoms with Crippen LogP contribution in [0.3, 0.4) is 0 Å². The molecule has 0 spiro atoms. The first-order valence-electron chi connectivity index (χ1n) is 6.74. The van der Waals surface area contributed by atoms with E-state index in [4.69, 9.17) is 0 Å². The van der Waals surface area contributed by atoms with Crippen LogP contribution in [-0.4, -0.2) is 23.0 Å². The minimum atomic E-state index is -0.331. The predicted octanol–water partition coefficient (Wildman–Crippen LogP) is 2.80. The fourth-order valence-corrected chi connectivity index (χ4v) is 1.91. The van der Waals surface area contributed by atoms with Gasteiger partial charge in [-0.3, -0.25) is 0 Å². The molecular formula is C16H19N3O2. The third-order valence-electron chi connectivity index (χ3n) is 3.46. The van der Waals surface area contributed by atoms with Gasteiger partial charge in [0.1, 0.15) is 0 Å². The number of esters is 1. The van der Waals surface area contributed by atoms with Gasteiger partial charge in [-0.25, -0.2) is 14.8 Å². The summed E-state index contributed by atoms with van der Waals surface area (Å²) in [6.45, 7) is 6.56. The number of benzene rings is 1. The standard InChI is InChI=1S/C16H19N3O2/c1-10-11(2)18-16(19-12(10)3)17-9-13-5-7-14(8-6-13)15(20)21-4/h5-8H,9H2,1-4H3,(H,17,18,19). The molecule has 0 radical (unpaired) electrons. The van der Waals surface area contributed by atoms with E-state index in [0.29, 0.717) is 18.1 Å². The van der Waals surface area contributed by atoms with Crippen molar-refractivity contribution in [3.63, 3.8) is 0 Å². The summed E-state index contributed by atoms with van der Waals surface area (Å²) in [7, 11) is 1.37. The highest BCUT2D eigenvalue weighted by molar-refractivity contribution is 5.89. The lowest BCUT2D eigenvalue weighted by molar-refractivity contribution is 0.0600. The average molecular weight is 285 g/mol. The molecule has 0 unspecified atom stereocenters. The van der Waals surface area contributed by atoms with Gasteiger partial charge in [-0.05, 0) is 44.0 Å². The molecule has 21 heavy (non-hydrogen) atoms. The van der Waals surface area contributed by atoms with Gasteiger partial charge in [0.15, 0.2) is 0 Å². The lowest BCUT2D eigenvalue weighted by atomic mass is 10.1. The number of carbonyl (C=O) groups excluding carboxylic acids is 1. The predicted molar refractivity (Wildman–Crippen MR) is 81.4 cm³/mol. The van der Waals surface area contributed by atoms with Crippen LogP contribution in [0.4, 0.5) is 5.95 Å². The Kier molecular flexibility index (Phi) is 4.52. The van der Waals surface area contributed by atoms with Crippen molar-refractivity contribution in [2.45, 2.75) is 27.3 Å². The van der Waals surface area contributed by atoms with Crippen LogP contribution in [0.15, 0.2) is 24.3 Å². The minimum absolute atomic E-state index is 0.331. The maximum Gasteiger partial charge on any atom is 0.337 e. The number of hydrogen-bond acceptors (Lipinski definition) is 5. The van der Waals surface area contributed by atoms with Crippen LogP contribution in [0.25, 0.3) is 0 Å². The maximum atomic E-state index is 11.4. The largest absolute Gasteiger partial charge is 0.465 e. The molecule has 0 fully saturated rings. The quantitative estimate of drug-likeness (QED) is 0.875. The molecule has 0 saturated carbocycles. The average Bonchev–Trinajstić information content (AvgIpc) is 2.50. The summed E-state index contributed by atoms with van der Waals surface area (Å²) in [6, 6.07) is 7.25. The van der Waals surface area contributed by atoms with Crippen molar-refractivity contribution in [1.29, 1.82) is 0 Å². The number of nitrogens with one attached hydrogen (secondary N) is 1. The van der Waals surface area contributed by atoms with E-state index in [0.717, 1.165) is 22.5 Å². The van der Waals surface area contributed by atoms with E-state index in [1.165, 1.54) is 7.11 Å². The van der Waals surface area contributed by atoms with E-state index < -0.39 is 0 Å². The number of carbonyl (C=O) groups is 1. The zero-order chi connectivity index (χ0) is 15.4.